The van der Waals surface area contributed by atoms with E-state index in [-0.39, 0.29) is 0 Å². The molecule has 1 aliphatic heterocycles. The van der Waals surface area contributed by atoms with E-state index in [1.54, 1.807) is 0 Å². The largest absolute Gasteiger partial charge is 0.338 e. The van der Waals surface area contributed by atoms with Crippen LogP contribution >= 0.6 is 22.9 Å². The molecule has 0 aromatic carbocycles. The fourth-order valence-corrected chi connectivity index (χ4v) is 3.03. The van der Waals surface area contributed by atoms with Crippen molar-refractivity contribution in [3.8, 4) is 10.8 Å². The van der Waals surface area contributed by atoms with Crippen LogP contribution in [0.1, 0.15) is 19.3 Å². The van der Waals surface area contributed by atoms with Crippen LogP contribution in [-0.4, -0.2) is 23.2 Å². The number of hydrogen-bond donors (Lipinski definition) is 0. The predicted molar refractivity (Wildman–Crippen MR) is 68.7 cm³/mol. The minimum Gasteiger partial charge on any atom is -0.338 e. The van der Waals surface area contributed by atoms with Crippen molar-refractivity contribution in [3.05, 3.63) is 16.5 Å². The van der Waals surface area contributed by atoms with Gasteiger partial charge in [0.2, 0.25) is 0 Å². The summed E-state index contributed by atoms with van der Waals surface area (Å²) in [5.41, 5.74) is 0. The molecule has 0 saturated carbocycles. The summed E-state index contributed by atoms with van der Waals surface area (Å²) in [6, 6.07) is 1.84. The van der Waals surface area contributed by atoms with Gasteiger partial charge in [-0.1, -0.05) is 11.6 Å². The topological polar surface area (TPSA) is 42.2 Å². The number of anilines is 1. The zero-order valence-corrected chi connectivity index (χ0v) is 10.8. The van der Waals surface area contributed by atoms with Gasteiger partial charge in [-0.2, -0.15) is 4.98 Å². The molecule has 4 nitrogen and oxygen atoms in total. The Morgan fingerprint density at radius 2 is 2.12 bits per heavy atom. The highest BCUT2D eigenvalue weighted by Crippen LogP contribution is 2.33. The number of hydrogen-bond acceptors (Lipinski definition) is 5. The van der Waals surface area contributed by atoms with E-state index in [1.165, 1.54) is 30.6 Å². The number of aromatic nitrogens is 2. The summed E-state index contributed by atoms with van der Waals surface area (Å²) in [5.74, 6) is 1.20. The summed E-state index contributed by atoms with van der Waals surface area (Å²) in [6.07, 6.45) is 3.69. The lowest BCUT2D eigenvalue weighted by Gasteiger charge is -2.24. The van der Waals surface area contributed by atoms with Crippen LogP contribution < -0.4 is 4.90 Å². The first kappa shape index (κ1) is 11.0. The lowest BCUT2D eigenvalue weighted by atomic mass is 10.1. The standard InChI is InChI=1S/C11H12ClN3OS/c12-8-4-7-17-9(8)10-13-11(14-16-10)15-5-2-1-3-6-15/h4,7H,1-3,5-6H2. The molecular weight excluding hydrogens is 258 g/mol. The average molecular weight is 270 g/mol. The fourth-order valence-electron chi connectivity index (χ4n) is 1.98. The molecule has 0 radical (unpaired) electrons. The molecule has 0 N–H and O–H groups in total. The van der Waals surface area contributed by atoms with Crippen molar-refractivity contribution in [1.82, 2.24) is 10.1 Å². The van der Waals surface area contributed by atoms with E-state index >= 15 is 0 Å². The number of thiophene rings is 1. The van der Waals surface area contributed by atoms with Crippen LogP contribution in [-0.2, 0) is 0 Å². The molecule has 1 fully saturated rings. The van der Waals surface area contributed by atoms with Crippen LogP contribution in [0.25, 0.3) is 10.8 Å². The fraction of sp³-hybridized carbons (Fsp3) is 0.455. The molecule has 0 amide bonds. The summed E-state index contributed by atoms with van der Waals surface area (Å²) in [4.78, 5) is 7.43. The highest BCUT2D eigenvalue weighted by Gasteiger charge is 2.19. The summed E-state index contributed by atoms with van der Waals surface area (Å²) in [6.45, 7) is 2.02. The molecule has 3 heterocycles. The monoisotopic (exact) mass is 269 g/mol. The van der Waals surface area contributed by atoms with E-state index in [2.05, 4.69) is 15.0 Å². The van der Waals surface area contributed by atoms with Gasteiger partial charge in [-0.15, -0.1) is 11.3 Å². The molecular formula is C11H12ClN3OS. The third kappa shape index (κ3) is 2.17. The van der Waals surface area contributed by atoms with Gasteiger partial charge in [0.05, 0.1) is 5.02 Å². The lowest BCUT2D eigenvalue weighted by molar-refractivity contribution is 0.427. The average Bonchev–Trinajstić information content (AvgIpc) is 2.98. The smallest absolute Gasteiger partial charge is 0.271 e. The second-order valence-corrected chi connectivity index (χ2v) is 5.37. The second-order valence-electron chi connectivity index (χ2n) is 4.04. The van der Waals surface area contributed by atoms with Crippen LogP contribution in [0.4, 0.5) is 5.95 Å². The van der Waals surface area contributed by atoms with E-state index in [0.717, 1.165) is 18.0 Å². The number of rotatable bonds is 2. The molecule has 2 aromatic heterocycles. The molecule has 2 aromatic rings. The third-order valence-electron chi connectivity index (χ3n) is 2.87. The Kier molecular flexibility index (Phi) is 3.03. The van der Waals surface area contributed by atoms with E-state index in [9.17, 15) is 0 Å². The number of halogens is 1. The van der Waals surface area contributed by atoms with Crippen molar-refractivity contribution in [1.29, 1.82) is 0 Å². The maximum Gasteiger partial charge on any atom is 0.271 e. The molecule has 0 bridgehead atoms. The summed E-state index contributed by atoms with van der Waals surface area (Å²) in [7, 11) is 0. The van der Waals surface area contributed by atoms with E-state index in [4.69, 9.17) is 16.1 Å². The molecule has 90 valence electrons. The summed E-state index contributed by atoms with van der Waals surface area (Å²) in [5, 5.41) is 6.61. The van der Waals surface area contributed by atoms with E-state index in [0.29, 0.717) is 16.9 Å². The Balaban J connectivity index is 1.85. The first-order valence-corrected chi connectivity index (χ1v) is 6.92. The van der Waals surface area contributed by atoms with Crippen molar-refractivity contribution in [3.63, 3.8) is 0 Å². The second kappa shape index (κ2) is 4.66. The normalized spacial score (nSPS) is 16.4. The maximum atomic E-state index is 6.04. The van der Waals surface area contributed by atoms with Gasteiger partial charge in [0.15, 0.2) is 0 Å². The van der Waals surface area contributed by atoms with Gasteiger partial charge in [0.25, 0.3) is 11.8 Å². The number of piperidine rings is 1. The Bertz CT molecular complexity index is 504. The van der Waals surface area contributed by atoms with Crippen molar-refractivity contribution in [2.24, 2.45) is 0 Å². The lowest BCUT2D eigenvalue weighted by Crippen LogP contribution is -2.30. The Morgan fingerprint density at radius 3 is 2.82 bits per heavy atom. The molecule has 6 heteroatoms. The van der Waals surface area contributed by atoms with Crippen LogP contribution in [0.3, 0.4) is 0 Å². The Morgan fingerprint density at radius 1 is 1.29 bits per heavy atom. The zero-order valence-electron chi connectivity index (χ0n) is 9.23. The van der Waals surface area contributed by atoms with Crippen LogP contribution in [0, 0.1) is 0 Å². The quantitative estimate of drug-likeness (QED) is 0.838. The number of nitrogens with zero attached hydrogens (tertiary/aromatic N) is 3. The van der Waals surface area contributed by atoms with Gasteiger partial charge in [-0.25, -0.2) is 0 Å². The maximum absolute atomic E-state index is 6.04. The van der Waals surface area contributed by atoms with Crippen molar-refractivity contribution >= 4 is 28.9 Å². The zero-order chi connectivity index (χ0) is 11.7. The van der Waals surface area contributed by atoms with Gasteiger partial charge >= 0.3 is 0 Å². The highest BCUT2D eigenvalue weighted by atomic mass is 35.5. The Labute approximate surface area is 108 Å². The molecule has 3 rings (SSSR count). The molecule has 17 heavy (non-hydrogen) atoms. The molecule has 0 unspecified atom stereocenters. The van der Waals surface area contributed by atoms with Crippen LogP contribution in [0.5, 0.6) is 0 Å². The van der Waals surface area contributed by atoms with Gasteiger partial charge in [0, 0.05) is 13.1 Å². The first-order chi connectivity index (χ1) is 8.34. The van der Waals surface area contributed by atoms with Crippen molar-refractivity contribution in [2.45, 2.75) is 19.3 Å². The van der Waals surface area contributed by atoms with Crippen molar-refractivity contribution in [2.75, 3.05) is 18.0 Å². The van der Waals surface area contributed by atoms with Gasteiger partial charge in [-0.3, -0.25) is 0 Å². The first-order valence-electron chi connectivity index (χ1n) is 5.66. The van der Waals surface area contributed by atoms with Gasteiger partial charge in [-0.05, 0) is 35.9 Å². The predicted octanol–water partition coefficient (Wildman–Crippen LogP) is 3.44. The molecule has 1 aliphatic rings. The third-order valence-corrected chi connectivity index (χ3v) is 4.20. The molecule has 0 atom stereocenters. The SMILES string of the molecule is Clc1ccsc1-c1nc(N2CCCCC2)no1. The minimum atomic E-state index is 0.519. The highest BCUT2D eigenvalue weighted by molar-refractivity contribution is 7.14. The summed E-state index contributed by atoms with van der Waals surface area (Å²) < 4.78 is 5.27. The minimum absolute atomic E-state index is 0.519. The van der Waals surface area contributed by atoms with Crippen molar-refractivity contribution < 1.29 is 4.52 Å². The van der Waals surface area contributed by atoms with Gasteiger partial charge < -0.3 is 9.42 Å². The van der Waals surface area contributed by atoms with E-state index < -0.39 is 0 Å². The molecule has 1 saturated heterocycles. The van der Waals surface area contributed by atoms with E-state index in [1.807, 2.05) is 11.4 Å². The molecule has 0 aliphatic carbocycles. The Hall–Kier alpha value is -1.07. The summed E-state index contributed by atoms with van der Waals surface area (Å²) >= 11 is 7.55. The van der Waals surface area contributed by atoms with Crippen LogP contribution in [0.15, 0.2) is 16.0 Å². The molecule has 0 spiro atoms. The van der Waals surface area contributed by atoms with Gasteiger partial charge in [0.1, 0.15) is 4.88 Å². The van der Waals surface area contributed by atoms with Crippen LogP contribution in [0.2, 0.25) is 5.02 Å².